The fraction of sp³-hybridized carbons (Fsp3) is 0.688. The maximum atomic E-state index is 12.1. The number of nitrogens with one attached hydrogen (secondary N) is 1. The van der Waals surface area contributed by atoms with E-state index in [-0.39, 0.29) is 5.91 Å². The molecule has 1 aromatic rings. The van der Waals surface area contributed by atoms with Gasteiger partial charge in [0, 0.05) is 38.5 Å². The van der Waals surface area contributed by atoms with E-state index in [1.54, 1.807) is 6.07 Å². The molecular weight excluding hydrogens is 296 g/mol. The number of carbonyl (C=O) groups is 1. The van der Waals surface area contributed by atoms with Gasteiger partial charge in [-0.3, -0.25) is 4.79 Å². The van der Waals surface area contributed by atoms with Crippen molar-refractivity contribution < 1.29 is 14.3 Å². The van der Waals surface area contributed by atoms with E-state index in [9.17, 15) is 4.79 Å². The number of nitrogens with zero attached hydrogens (tertiary/aromatic N) is 3. The van der Waals surface area contributed by atoms with Crippen LogP contribution in [-0.4, -0.2) is 54.5 Å². The quantitative estimate of drug-likeness (QED) is 0.900. The van der Waals surface area contributed by atoms with Gasteiger partial charge in [-0.25, -0.2) is 9.97 Å². The number of anilines is 1. The van der Waals surface area contributed by atoms with Crippen LogP contribution in [0.25, 0.3) is 0 Å². The second-order valence-corrected chi connectivity index (χ2v) is 6.01. The van der Waals surface area contributed by atoms with Crippen LogP contribution in [0, 0.1) is 6.92 Å². The van der Waals surface area contributed by atoms with Gasteiger partial charge in [0.05, 0.1) is 13.2 Å². The number of piperidine rings is 1. The van der Waals surface area contributed by atoms with Gasteiger partial charge in [-0.2, -0.15) is 0 Å². The minimum atomic E-state index is -0.403. The number of rotatable bonds is 4. The number of aromatic nitrogens is 2. The molecule has 3 rings (SSSR count). The summed E-state index contributed by atoms with van der Waals surface area (Å²) >= 11 is 0. The SMILES string of the molecule is CCCNC(=O)c1cc(N2CCC3(CC2)OCCO3)nc(C)n1. The Morgan fingerprint density at radius 3 is 2.65 bits per heavy atom. The molecule has 7 heteroatoms. The van der Waals surface area contributed by atoms with E-state index in [2.05, 4.69) is 20.2 Å². The van der Waals surface area contributed by atoms with Crippen molar-refractivity contribution in [2.24, 2.45) is 0 Å². The van der Waals surface area contributed by atoms with Gasteiger partial charge in [0.25, 0.3) is 5.91 Å². The van der Waals surface area contributed by atoms with Gasteiger partial charge in [0.1, 0.15) is 17.3 Å². The minimum absolute atomic E-state index is 0.144. The number of hydrogen-bond donors (Lipinski definition) is 1. The van der Waals surface area contributed by atoms with Crippen LogP contribution < -0.4 is 10.2 Å². The van der Waals surface area contributed by atoms with Crippen LogP contribution in [0.15, 0.2) is 6.07 Å². The molecule has 23 heavy (non-hydrogen) atoms. The van der Waals surface area contributed by atoms with Crippen molar-refractivity contribution in [1.29, 1.82) is 0 Å². The molecule has 0 saturated carbocycles. The zero-order valence-corrected chi connectivity index (χ0v) is 13.8. The molecule has 2 aliphatic rings. The lowest BCUT2D eigenvalue weighted by Crippen LogP contribution is -2.45. The molecule has 2 fully saturated rings. The molecule has 2 saturated heterocycles. The Balaban J connectivity index is 1.70. The van der Waals surface area contributed by atoms with Crippen molar-refractivity contribution in [3.05, 3.63) is 17.6 Å². The summed E-state index contributed by atoms with van der Waals surface area (Å²) in [6.45, 7) is 7.43. The summed E-state index contributed by atoms with van der Waals surface area (Å²) in [5.41, 5.74) is 0.426. The first-order valence-electron chi connectivity index (χ1n) is 8.29. The van der Waals surface area contributed by atoms with Crippen molar-refractivity contribution in [2.45, 2.75) is 38.9 Å². The van der Waals surface area contributed by atoms with Gasteiger partial charge in [-0.15, -0.1) is 0 Å². The molecule has 0 unspecified atom stereocenters. The second kappa shape index (κ2) is 6.80. The highest BCUT2D eigenvalue weighted by Gasteiger charge is 2.40. The Morgan fingerprint density at radius 2 is 2.00 bits per heavy atom. The van der Waals surface area contributed by atoms with E-state index in [0.717, 1.165) is 38.2 Å². The number of ether oxygens (including phenoxy) is 2. The van der Waals surface area contributed by atoms with Crippen molar-refractivity contribution in [3.8, 4) is 0 Å². The molecule has 0 aliphatic carbocycles. The van der Waals surface area contributed by atoms with Crippen molar-refractivity contribution in [1.82, 2.24) is 15.3 Å². The van der Waals surface area contributed by atoms with Gasteiger partial charge in [-0.05, 0) is 13.3 Å². The van der Waals surface area contributed by atoms with Crippen LogP contribution in [0.3, 0.4) is 0 Å². The lowest BCUT2D eigenvalue weighted by molar-refractivity contribution is -0.169. The van der Waals surface area contributed by atoms with Crippen molar-refractivity contribution in [2.75, 3.05) is 37.7 Å². The number of aryl methyl sites for hydroxylation is 1. The monoisotopic (exact) mass is 320 g/mol. The largest absolute Gasteiger partial charge is 0.356 e. The van der Waals surface area contributed by atoms with E-state index < -0.39 is 5.79 Å². The van der Waals surface area contributed by atoms with Gasteiger partial charge in [0.15, 0.2) is 5.79 Å². The van der Waals surface area contributed by atoms with Crippen molar-refractivity contribution >= 4 is 11.7 Å². The zero-order valence-electron chi connectivity index (χ0n) is 13.8. The molecule has 0 atom stereocenters. The molecule has 7 nitrogen and oxygen atoms in total. The number of carbonyl (C=O) groups excluding carboxylic acids is 1. The molecule has 126 valence electrons. The third-order valence-electron chi connectivity index (χ3n) is 4.26. The Bertz CT molecular complexity index is 562. The standard InChI is InChI=1S/C16H24N4O3/c1-3-6-17-15(21)13-11-14(19-12(2)18-13)20-7-4-16(5-8-20)22-9-10-23-16/h11H,3-10H2,1-2H3,(H,17,21). The zero-order chi connectivity index (χ0) is 16.3. The summed E-state index contributed by atoms with van der Waals surface area (Å²) in [6.07, 6.45) is 2.53. The van der Waals surface area contributed by atoms with E-state index in [1.165, 1.54) is 0 Å². The molecule has 2 aliphatic heterocycles. The Kier molecular flexibility index (Phi) is 4.77. The molecule has 1 N–H and O–H groups in total. The van der Waals surface area contributed by atoms with Crippen molar-refractivity contribution in [3.63, 3.8) is 0 Å². The third-order valence-corrected chi connectivity index (χ3v) is 4.26. The van der Waals surface area contributed by atoms with Crippen LogP contribution in [0.5, 0.6) is 0 Å². The van der Waals surface area contributed by atoms with E-state index in [1.807, 2.05) is 13.8 Å². The summed E-state index contributed by atoms with van der Waals surface area (Å²) in [5.74, 6) is 0.860. The Morgan fingerprint density at radius 1 is 1.30 bits per heavy atom. The maximum absolute atomic E-state index is 12.1. The number of hydrogen-bond acceptors (Lipinski definition) is 6. The summed E-state index contributed by atoms with van der Waals surface area (Å²) in [4.78, 5) is 23.0. The van der Waals surface area contributed by atoms with E-state index in [4.69, 9.17) is 9.47 Å². The van der Waals surface area contributed by atoms with Crippen LogP contribution in [0.4, 0.5) is 5.82 Å². The first kappa shape index (κ1) is 16.1. The molecular formula is C16H24N4O3. The molecule has 0 aromatic carbocycles. The van der Waals surface area contributed by atoms with Gasteiger partial charge >= 0.3 is 0 Å². The molecule has 0 bridgehead atoms. The Hall–Kier alpha value is -1.73. The summed E-state index contributed by atoms with van der Waals surface area (Å²) in [7, 11) is 0. The normalized spacial score (nSPS) is 20.0. The average molecular weight is 320 g/mol. The van der Waals surface area contributed by atoms with Crippen LogP contribution in [0.1, 0.15) is 42.5 Å². The fourth-order valence-corrected chi connectivity index (χ4v) is 3.02. The third kappa shape index (κ3) is 3.61. The van der Waals surface area contributed by atoms with Crippen LogP contribution in [0.2, 0.25) is 0 Å². The molecule has 1 aromatic heterocycles. The average Bonchev–Trinajstić information content (AvgIpc) is 3.01. The van der Waals surface area contributed by atoms with E-state index in [0.29, 0.717) is 31.3 Å². The highest BCUT2D eigenvalue weighted by molar-refractivity contribution is 5.92. The number of amides is 1. The lowest BCUT2D eigenvalue weighted by atomic mass is 10.0. The molecule has 3 heterocycles. The molecule has 1 spiro atoms. The van der Waals surface area contributed by atoms with Gasteiger partial charge in [0.2, 0.25) is 0 Å². The molecule has 1 amide bonds. The van der Waals surface area contributed by atoms with Crippen LogP contribution in [-0.2, 0) is 9.47 Å². The summed E-state index contributed by atoms with van der Waals surface area (Å²) in [5, 5.41) is 2.86. The highest BCUT2D eigenvalue weighted by Crippen LogP contribution is 2.32. The minimum Gasteiger partial charge on any atom is -0.356 e. The van der Waals surface area contributed by atoms with Gasteiger partial charge in [-0.1, -0.05) is 6.92 Å². The second-order valence-electron chi connectivity index (χ2n) is 6.01. The smallest absolute Gasteiger partial charge is 0.270 e. The van der Waals surface area contributed by atoms with Crippen LogP contribution >= 0.6 is 0 Å². The summed E-state index contributed by atoms with van der Waals surface area (Å²) < 4.78 is 11.5. The molecule has 0 radical (unpaired) electrons. The van der Waals surface area contributed by atoms with E-state index >= 15 is 0 Å². The lowest BCUT2D eigenvalue weighted by Gasteiger charge is -2.38. The predicted molar refractivity (Wildman–Crippen MR) is 85.5 cm³/mol. The highest BCUT2D eigenvalue weighted by atomic mass is 16.7. The first-order valence-corrected chi connectivity index (χ1v) is 8.29. The van der Waals surface area contributed by atoms with Gasteiger partial charge < -0.3 is 19.7 Å². The maximum Gasteiger partial charge on any atom is 0.270 e. The fourth-order valence-electron chi connectivity index (χ4n) is 3.02. The predicted octanol–water partition coefficient (Wildman–Crippen LogP) is 1.27. The first-order chi connectivity index (χ1) is 11.1. The topological polar surface area (TPSA) is 76.6 Å². The Labute approximate surface area is 136 Å². The summed E-state index contributed by atoms with van der Waals surface area (Å²) in [6, 6.07) is 1.77.